The lowest BCUT2D eigenvalue weighted by molar-refractivity contribution is -0.134. The van der Waals surface area contributed by atoms with Crippen molar-refractivity contribution in [2.24, 2.45) is 0 Å². The van der Waals surface area contributed by atoms with Crippen LogP contribution >= 0.6 is 0 Å². The molecule has 0 bridgehead atoms. The maximum Gasteiger partial charge on any atom is 0.322 e. The van der Waals surface area contributed by atoms with Gasteiger partial charge in [0.05, 0.1) is 5.69 Å². The van der Waals surface area contributed by atoms with Gasteiger partial charge < -0.3 is 15.7 Å². The number of nitrogens with one attached hydrogen (secondary N) is 2. The first-order chi connectivity index (χ1) is 13.0. The molecule has 0 saturated heterocycles. The van der Waals surface area contributed by atoms with E-state index in [2.05, 4.69) is 25.6 Å². The van der Waals surface area contributed by atoms with Crippen LogP contribution < -0.4 is 10.6 Å². The molecule has 0 aliphatic carbocycles. The molecule has 0 atom stereocenters. The fourth-order valence-electron chi connectivity index (χ4n) is 2.28. The molecule has 138 valence electrons. The van der Waals surface area contributed by atoms with E-state index >= 15 is 0 Å². The van der Waals surface area contributed by atoms with Crippen LogP contribution in [0, 0.1) is 11.6 Å². The first-order valence-corrected chi connectivity index (χ1v) is 7.94. The van der Waals surface area contributed by atoms with Gasteiger partial charge in [0, 0.05) is 30.6 Å². The molecule has 0 unspecified atom stereocenters. The summed E-state index contributed by atoms with van der Waals surface area (Å²) in [5, 5.41) is 14.4. The summed E-state index contributed by atoms with van der Waals surface area (Å²) in [6.07, 6.45) is 3.24. The second-order valence-electron chi connectivity index (χ2n) is 5.55. The van der Waals surface area contributed by atoms with Gasteiger partial charge in [-0.25, -0.2) is 13.8 Å². The van der Waals surface area contributed by atoms with Crippen LogP contribution in [-0.4, -0.2) is 32.6 Å². The Morgan fingerprint density at radius 3 is 2.63 bits per heavy atom. The van der Waals surface area contributed by atoms with Crippen molar-refractivity contribution in [3.05, 3.63) is 66.0 Å². The highest BCUT2D eigenvalue weighted by Gasteiger charge is 2.09. The lowest BCUT2D eigenvalue weighted by atomic mass is 10.2. The zero-order valence-corrected chi connectivity index (χ0v) is 14.0. The molecule has 0 radical (unpaired) electrons. The Labute approximate surface area is 153 Å². The average Bonchev–Trinajstić information content (AvgIpc) is 2.68. The highest BCUT2D eigenvalue weighted by atomic mass is 19.2. The quantitative estimate of drug-likeness (QED) is 0.587. The number of aliphatic carboxylic acids is 1. The van der Waals surface area contributed by atoms with Gasteiger partial charge >= 0.3 is 5.97 Å². The molecule has 7 nitrogen and oxygen atoms in total. The Bertz CT molecular complexity index is 954. The van der Waals surface area contributed by atoms with Crippen molar-refractivity contribution >= 4 is 17.7 Å². The van der Waals surface area contributed by atoms with E-state index in [1.165, 1.54) is 6.07 Å². The van der Waals surface area contributed by atoms with Crippen molar-refractivity contribution in [2.75, 3.05) is 17.2 Å². The van der Waals surface area contributed by atoms with Gasteiger partial charge in [0.1, 0.15) is 12.4 Å². The summed E-state index contributed by atoms with van der Waals surface area (Å²) in [5.74, 6) is -2.40. The summed E-state index contributed by atoms with van der Waals surface area (Å²) in [6, 6.07) is 8.80. The molecule has 0 aliphatic heterocycles. The van der Waals surface area contributed by atoms with Gasteiger partial charge in [-0.2, -0.15) is 4.98 Å². The SMILES string of the molecule is O=C(O)CNc1nc(NCc2ccc(F)c(F)c2)cc(-c2cccnc2)n1. The number of anilines is 2. The van der Waals surface area contributed by atoms with Crippen LogP contribution in [0.2, 0.25) is 0 Å². The van der Waals surface area contributed by atoms with Gasteiger partial charge in [-0.3, -0.25) is 9.78 Å². The largest absolute Gasteiger partial charge is 0.480 e. The van der Waals surface area contributed by atoms with Crippen LogP contribution in [0.15, 0.2) is 48.8 Å². The van der Waals surface area contributed by atoms with Gasteiger partial charge in [-0.1, -0.05) is 6.07 Å². The average molecular weight is 371 g/mol. The minimum Gasteiger partial charge on any atom is -0.480 e. The number of hydrogen-bond donors (Lipinski definition) is 3. The van der Waals surface area contributed by atoms with Crippen LogP contribution in [0.5, 0.6) is 0 Å². The summed E-state index contributed by atoms with van der Waals surface area (Å²) >= 11 is 0. The maximum absolute atomic E-state index is 13.3. The number of hydrogen-bond acceptors (Lipinski definition) is 6. The van der Waals surface area contributed by atoms with Crippen LogP contribution in [0.25, 0.3) is 11.3 Å². The van der Waals surface area contributed by atoms with Crippen molar-refractivity contribution in [2.45, 2.75) is 6.54 Å². The van der Waals surface area contributed by atoms with Gasteiger partial charge in [-0.05, 0) is 29.8 Å². The van der Waals surface area contributed by atoms with Crippen molar-refractivity contribution in [3.63, 3.8) is 0 Å². The molecule has 0 aliphatic rings. The second kappa shape index (κ2) is 8.17. The number of carbonyl (C=O) groups is 1. The van der Waals surface area contributed by atoms with E-state index in [-0.39, 0.29) is 19.0 Å². The maximum atomic E-state index is 13.3. The monoisotopic (exact) mass is 371 g/mol. The lowest BCUT2D eigenvalue weighted by Gasteiger charge is -2.11. The summed E-state index contributed by atoms with van der Waals surface area (Å²) in [5.41, 5.74) is 1.77. The van der Waals surface area contributed by atoms with Crippen LogP contribution in [0.4, 0.5) is 20.5 Å². The van der Waals surface area contributed by atoms with Crippen LogP contribution in [0.3, 0.4) is 0 Å². The summed E-state index contributed by atoms with van der Waals surface area (Å²) in [4.78, 5) is 23.3. The fraction of sp³-hybridized carbons (Fsp3) is 0.111. The molecule has 0 saturated carbocycles. The molecule has 0 spiro atoms. The third-order valence-electron chi connectivity index (χ3n) is 3.54. The van der Waals surface area contributed by atoms with E-state index in [0.717, 1.165) is 12.1 Å². The van der Waals surface area contributed by atoms with Crippen molar-refractivity contribution in [1.29, 1.82) is 0 Å². The highest BCUT2D eigenvalue weighted by molar-refractivity contribution is 5.72. The van der Waals surface area contributed by atoms with Gasteiger partial charge in [0.2, 0.25) is 5.95 Å². The Morgan fingerprint density at radius 1 is 1.07 bits per heavy atom. The number of carboxylic acids is 1. The molecule has 27 heavy (non-hydrogen) atoms. The smallest absolute Gasteiger partial charge is 0.322 e. The Morgan fingerprint density at radius 2 is 1.93 bits per heavy atom. The molecule has 3 aromatic rings. The molecule has 2 heterocycles. The predicted molar refractivity (Wildman–Crippen MR) is 95.1 cm³/mol. The number of rotatable bonds is 7. The van der Waals surface area contributed by atoms with E-state index in [1.807, 2.05) is 0 Å². The molecule has 9 heteroatoms. The number of pyridine rings is 1. The summed E-state index contributed by atoms with van der Waals surface area (Å²) in [7, 11) is 0. The first kappa shape index (κ1) is 18.2. The molecule has 3 rings (SSSR count). The molecule has 0 amide bonds. The van der Waals surface area contributed by atoms with E-state index in [9.17, 15) is 13.6 Å². The molecule has 0 fully saturated rings. The van der Waals surface area contributed by atoms with E-state index in [1.54, 1.807) is 30.6 Å². The summed E-state index contributed by atoms with van der Waals surface area (Å²) in [6.45, 7) is -0.155. The van der Waals surface area contributed by atoms with Crippen LogP contribution in [-0.2, 0) is 11.3 Å². The fourth-order valence-corrected chi connectivity index (χ4v) is 2.28. The van der Waals surface area contributed by atoms with Crippen molar-refractivity contribution in [1.82, 2.24) is 15.0 Å². The molecule has 3 N–H and O–H groups in total. The number of aromatic nitrogens is 3. The Kier molecular flexibility index (Phi) is 5.50. The van der Waals surface area contributed by atoms with E-state index < -0.39 is 17.6 Å². The highest BCUT2D eigenvalue weighted by Crippen LogP contribution is 2.21. The topological polar surface area (TPSA) is 100 Å². The molecular formula is C18H15F2N5O2. The minimum absolute atomic E-state index is 0.117. The van der Waals surface area contributed by atoms with Gasteiger partial charge in [0.15, 0.2) is 11.6 Å². The van der Waals surface area contributed by atoms with Crippen molar-refractivity contribution in [3.8, 4) is 11.3 Å². The van der Waals surface area contributed by atoms with Gasteiger partial charge in [0.25, 0.3) is 0 Å². The second-order valence-corrected chi connectivity index (χ2v) is 5.55. The number of halogens is 2. The van der Waals surface area contributed by atoms with Crippen molar-refractivity contribution < 1.29 is 18.7 Å². The molecule has 1 aromatic carbocycles. The number of carboxylic acid groups (broad SMARTS) is 1. The predicted octanol–water partition coefficient (Wildman–Crippen LogP) is 2.93. The van der Waals surface area contributed by atoms with E-state index in [4.69, 9.17) is 5.11 Å². The summed E-state index contributed by atoms with van der Waals surface area (Å²) < 4.78 is 26.4. The third-order valence-corrected chi connectivity index (χ3v) is 3.54. The standard InChI is InChI=1S/C18H15F2N5O2/c19-13-4-3-11(6-14(13)20)8-22-16-7-15(12-2-1-5-21-9-12)24-18(25-16)23-10-17(26)27/h1-7,9H,8,10H2,(H,26,27)(H2,22,23,24,25). The zero-order chi connectivity index (χ0) is 19.2. The Balaban J connectivity index is 1.84. The minimum atomic E-state index is -1.05. The van der Waals surface area contributed by atoms with E-state index in [0.29, 0.717) is 22.6 Å². The normalized spacial score (nSPS) is 10.4. The Hall–Kier alpha value is -3.62. The molecule has 2 aromatic heterocycles. The first-order valence-electron chi connectivity index (χ1n) is 7.94. The number of nitrogens with zero attached hydrogens (tertiary/aromatic N) is 3. The third kappa shape index (κ3) is 4.94. The van der Waals surface area contributed by atoms with Gasteiger partial charge in [-0.15, -0.1) is 0 Å². The lowest BCUT2D eigenvalue weighted by Crippen LogP contribution is -2.15. The zero-order valence-electron chi connectivity index (χ0n) is 14.0. The number of benzene rings is 1. The molecular weight excluding hydrogens is 356 g/mol. The van der Waals surface area contributed by atoms with Crippen LogP contribution in [0.1, 0.15) is 5.56 Å².